The molecular formula is C9H10I2O2. The molecule has 0 unspecified atom stereocenters. The Bertz CT molecular complexity index is 300. The van der Waals surface area contributed by atoms with Crippen molar-refractivity contribution < 1.29 is 10.2 Å². The van der Waals surface area contributed by atoms with Crippen molar-refractivity contribution in [1.82, 2.24) is 0 Å². The topological polar surface area (TPSA) is 40.5 Å². The summed E-state index contributed by atoms with van der Waals surface area (Å²) in [5, 5.41) is 18.3. The van der Waals surface area contributed by atoms with Crippen LogP contribution in [0.1, 0.15) is 12.0 Å². The first kappa shape index (κ1) is 11.5. The zero-order valence-electron chi connectivity index (χ0n) is 6.93. The molecule has 0 atom stereocenters. The molecule has 2 N–H and O–H groups in total. The van der Waals surface area contributed by atoms with Crippen molar-refractivity contribution >= 4 is 45.2 Å². The molecule has 0 amide bonds. The third-order valence-electron chi connectivity index (χ3n) is 1.71. The van der Waals surface area contributed by atoms with E-state index < -0.39 is 0 Å². The highest BCUT2D eigenvalue weighted by Gasteiger charge is 2.06. The van der Waals surface area contributed by atoms with E-state index in [0.717, 1.165) is 19.1 Å². The van der Waals surface area contributed by atoms with Crippen molar-refractivity contribution in [2.24, 2.45) is 0 Å². The Labute approximate surface area is 105 Å². The monoisotopic (exact) mass is 404 g/mol. The maximum Gasteiger partial charge on any atom is 0.132 e. The van der Waals surface area contributed by atoms with E-state index >= 15 is 0 Å². The molecule has 0 saturated heterocycles. The molecule has 1 rings (SSSR count). The van der Waals surface area contributed by atoms with Crippen molar-refractivity contribution in [2.75, 3.05) is 6.61 Å². The quantitative estimate of drug-likeness (QED) is 0.761. The summed E-state index contributed by atoms with van der Waals surface area (Å²) in [5.74, 6) is 0.356. The summed E-state index contributed by atoms with van der Waals surface area (Å²) in [6.45, 7) is 0.168. The molecule has 2 nitrogen and oxygen atoms in total. The number of hydrogen-bond acceptors (Lipinski definition) is 2. The fourth-order valence-corrected chi connectivity index (χ4v) is 3.04. The average Bonchev–Trinajstić information content (AvgIpc) is 2.09. The van der Waals surface area contributed by atoms with Gasteiger partial charge in [-0.05, 0) is 75.7 Å². The van der Waals surface area contributed by atoms with E-state index in [1.165, 1.54) is 0 Å². The first-order valence-electron chi connectivity index (χ1n) is 3.93. The molecule has 0 saturated carbocycles. The standard InChI is InChI=1S/C9H10I2O2/c10-7-4-6(2-1-3-12)9(13)8(11)5-7/h4-5,12-13H,1-3H2. The lowest BCUT2D eigenvalue weighted by Crippen LogP contribution is -1.92. The van der Waals surface area contributed by atoms with Gasteiger partial charge in [0, 0.05) is 10.2 Å². The highest BCUT2D eigenvalue weighted by Crippen LogP contribution is 2.27. The minimum Gasteiger partial charge on any atom is -0.507 e. The van der Waals surface area contributed by atoms with Gasteiger partial charge in [0.1, 0.15) is 5.75 Å². The van der Waals surface area contributed by atoms with Gasteiger partial charge in [-0.15, -0.1) is 0 Å². The normalized spacial score (nSPS) is 10.4. The minimum absolute atomic E-state index is 0.168. The zero-order chi connectivity index (χ0) is 9.84. The van der Waals surface area contributed by atoms with E-state index in [1.807, 2.05) is 12.1 Å². The number of benzene rings is 1. The number of aliphatic hydroxyl groups excluding tert-OH is 1. The summed E-state index contributed by atoms with van der Waals surface area (Å²) in [4.78, 5) is 0. The Balaban J connectivity index is 2.92. The summed E-state index contributed by atoms with van der Waals surface area (Å²) in [5.41, 5.74) is 0.922. The zero-order valence-corrected chi connectivity index (χ0v) is 11.2. The maximum atomic E-state index is 9.66. The van der Waals surface area contributed by atoms with Crippen molar-refractivity contribution in [3.8, 4) is 5.75 Å². The van der Waals surface area contributed by atoms with Crippen LogP contribution >= 0.6 is 45.2 Å². The van der Waals surface area contributed by atoms with E-state index in [4.69, 9.17) is 5.11 Å². The third kappa shape index (κ3) is 3.25. The first-order valence-corrected chi connectivity index (χ1v) is 6.08. The van der Waals surface area contributed by atoms with Crippen LogP contribution < -0.4 is 0 Å². The number of aromatic hydroxyl groups is 1. The number of phenols is 1. The van der Waals surface area contributed by atoms with Gasteiger partial charge in [0.25, 0.3) is 0 Å². The smallest absolute Gasteiger partial charge is 0.132 e. The van der Waals surface area contributed by atoms with Crippen molar-refractivity contribution in [2.45, 2.75) is 12.8 Å². The molecule has 1 aromatic carbocycles. The van der Waals surface area contributed by atoms with Crippen LogP contribution in [0.15, 0.2) is 12.1 Å². The number of aliphatic hydroxyl groups is 1. The second-order valence-electron chi connectivity index (χ2n) is 2.72. The molecule has 4 heteroatoms. The summed E-state index contributed by atoms with van der Waals surface area (Å²) in [7, 11) is 0. The van der Waals surface area contributed by atoms with Crippen LogP contribution in [0.3, 0.4) is 0 Å². The van der Waals surface area contributed by atoms with Crippen LogP contribution in [0.4, 0.5) is 0 Å². The van der Waals surface area contributed by atoms with Crippen LogP contribution in [0.5, 0.6) is 5.75 Å². The molecule has 0 spiro atoms. The second kappa shape index (κ2) is 5.35. The van der Waals surface area contributed by atoms with Crippen LogP contribution in [0.25, 0.3) is 0 Å². The molecule has 0 aliphatic heterocycles. The van der Waals surface area contributed by atoms with Crippen LogP contribution in [-0.2, 0) is 6.42 Å². The van der Waals surface area contributed by atoms with Gasteiger partial charge in [-0.3, -0.25) is 0 Å². The Morgan fingerprint density at radius 1 is 1.23 bits per heavy atom. The number of hydrogen-bond donors (Lipinski definition) is 2. The molecule has 0 aliphatic carbocycles. The van der Waals surface area contributed by atoms with Gasteiger partial charge in [-0.25, -0.2) is 0 Å². The molecule has 72 valence electrons. The molecule has 0 aliphatic rings. The van der Waals surface area contributed by atoms with Gasteiger partial charge in [0.15, 0.2) is 0 Å². The minimum atomic E-state index is 0.168. The highest BCUT2D eigenvalue weighted by molar-refractivity contribution is 14.1. The van der Waals surface area contributed by atoms with Crippen molar-refractivity contribution in [3.63, 3.8) is 0 Å². The number of rotatable bonds is 3. The molecule has 0 heterocycles. The number of phenolic OH excluding ortho intramolecular Hbond substituents is 1. The molecule has 0 bridgehead atoms. The summed E-state index contributed by atoms with van der Waals surface area (Å²) < 4.78 is 1.99. The van der Waals surface area contributed by atoms with E-state index in [2.05, 4.69) is 45.2 Å². The van der Waals surface area contributed by atoms with Crippen molar-refractivity contribution in [1.29, 1.82) is 0 Å². The van der Waals surface area contributed by atoms with E-state index in [0.29, 0.717) is 12.2 Å². The van der Waals surface area contributed by atoms with E-state index in [1.54, 1.807) is 0 Å². The van der Waals surface area contributed by atoms with Gasteiger partial charge < -0.3 is 10.2 Å². The Hall–Kier alpha value is 0.440. The maximum absolute atomic E-state index is 9.66. The largest absolute Gasteiger partial charge is 0.507 e. The Morgan fingerprint density at radius 3 is 2.54 bits per heavy atom. The summed E-state index contributed by atoms with van der Waals surface area (Å²) >= 11 is 4.33. The lowest BCUT2D eigenvalue weighted by molar-refractivity contribution is 0.288. The van der Waals surface area contributed by atoms with Gasteiger partial charge in [-0.2, -0.15) is 0 Å². The fourth-order valence-electron chi connectivity index (χ4n) is 1.08. The van der Waals surface area contributed by atoms with Gasteiger partial charge >= 0.3 is 0 Å². The molecule has 1 aromatic rings. The van der Waals surface area contributed by atoms with E-state index in [-0.39, 0.29) is 6.61 Å². The molecule has 0 fully saturated rings. The molecule has 0 aromatic heterocycles. The number of halogens is 2. The SMILES string of the molecule is OCCCc1cc(I)cc(I)c1O. The highest BCUT2D eigenvalue weighted by atomic mass is 127. The average molecular weight is 404 g/mol. The Morgan fingerprint density at radius 2 is 1.92 bits per heavy atom. The molecular weight excluding hydrogens is 394 g/mol. The van der Waals surface area contributed by atoms with Gasteiger partial charge in [-0.1, -0.05) is 0 Å². The van der Waals surface area contributed by atoms with Gasteiger partial charge in [0.2, 0.25) is 0 Å². The fraction of sp³-hybridized carbons (Fsp3) is 0.333. The number of aryl methyl sites for hydroxylation is 1. The van der Waals surface area contributed by atoms with Crippen LogP contribution in [0.2, 0.25) is 0 Å². The summed E-state index contributed by atoms with van der Waals surface area (Å²) in [6.07, 6.45) is 1.43. The van der Waals surface area contributed by atoms with E-state index in [9.17, 15) is 5.11 Å². The van der Waals surface area contributed by atoms with Gasteiger partial charge in [0.05, 0.1) is 3.57 Å². The second-order valence-corrected chi connectivity index (χ2v) is 5.13. The predicted molar refractivity (Wildman–Crippen MR) is 68.9 cm³/mol. The molecule has 13 heavy (non-hydrogen) atoms. The first-order chi connectivity index (χ1) is 6.15. The Kier molecular flexibility index (Phi) is 4.74. The third-order valence-corrected chi connectivity index (χ3v) is 3.16. The predicted octanol–water partition coefficient (Wildman–Crippen LogP) is 2.53. The van der Waals surface area contributed by atoms with Crippen LogP contribution in [-0.4, -0.2) is 16.8 Å². The summed E-state index contributed by atoms with van der Waals surface area (Å²) in [6, 6.07) is 3.88. The lowest BCUT2D eigenvalue weighted by Gasteiger charge is -2.06. The lowest BCUT2D eigenvalue weighted by atomic mass is 10.1. The van der Waals surface area contributed by atoms with Crippen LogP contribution in [0, 0.1) is 7.14 Å². The molecule has 0 radical (unpaired) electrons. The van der Waals surface area contributed by atoms with Crippen molar-refractivity contribution in [3.05, 3.63) is 24.8 Å².